The predicted octanol–water partition coefficient (Wildman–Crippen LogP) is 2.90. The molecule has 16 heavy (non-hydrogen) atoms. The van der Waals surface area contributed by atoms with E-state index in [0.29, 0.717) is 18.1 Å². The molecule has 0 spiro atoms. The first-order valence-electron chi connectivity index (χ1n) is 5.10. The van der Waals surface area contributed by atoms with E-state index >= 15 is 0 Å². The molecule has 0 N–H and O–H groups in total. The van der Waals surface area contributed by atoms with Crippen LogP contribution in [0.4, 0.5) is 13.2 Å². The van der Waals surface area contributed by atoms with E-state index < -0.39 is 30.4 Å². The summed E-state index contributed by atoms with van der Waals surface area (Å²) >= 11 is 0. The van der Waals surface area contributed by atoms with E-state index in [1.54, 1.807) is 20.8 Å². The topological polar surface area (TPSA) is 43.4 Å². The van der Waals surface area contributed by atoms with Gasteiger partial charge in [-0.15, -0.1) is 0 Å². The smallest absolute Gasteiger partial charge is 0.314 e. The quantitative estimate of drug-likeness (QED) is 0.702. The Balaban J connectivity index is 4.81. The normalized spacial score (nSPS) is 14.1. The van der Waals surface area contributed by atoms with Crippen LogP contribution in [0.1, 0.15) is 20.8 Å². The second-order valence-electron chi connectivity index (χ2n) is 3.64. The van der Waals surface area contributed by atoms with Crippen molar-refractivity contribution in [3.05, 3.63) is 0 Å². The van der Waals surface area contributed by atoms with Gasteiger partial charge in [0.05, 0.1) is 0 Å². The van der Waals surface area contributed by atoms with Crippen LogP contribution >= 0.6 is 0 Å². The lowest BCUT2D eigenvalue weighted by Gasteiger charge is -2.27. The summed E-state index contributed by atoms with van der Waals surface area (Å²) in [6.07, 6.45) is -4.74. The first-order valence-corrected chi connectivity index (χ1v) is 9.20. The van der Waals surface area contributed by atoms with Gasteiger partial charge in [-0.2, -0.15) is 13.2 Å². The SMILES string of the molecule is CC[Si](CC)(CC)OS(=O)(=O)CC(F)(F)F. The molecular weight excluding hydrogens is 261 g/mol. The average Bonchev–Trinajstić information content (AvgIpc) is 2.10. The lowest BCUT2D eigenvalue weighted by Crippen LogP contribution is -2.40. The van der Waals surface area contributed by atoms with Gasteiger partial charge in [0.15, 0.2) is 5.75 Å². The van der Waals surface area contributed by atoms with Gasteiger partial charge >= 0.3 is 6.18 Å². The lowest BCUT2D eigenvalue weighted by molar-refractivity contribution is -0.107. The monoisotopic (exact) mass is 278 g/mol. The van der Waals surface area contributed by atoms with Gasteiger partial charge < -0.3 is 3.87 Å². The molecule has 3 nitrogen and oxygen atoms in total. The van der Waals surface area contributed by atoms with Crippen molar-refractivity contribution in [1.29, 1.82) is 0 Å². The molecule has 0 amide bonds. The molecule has 0 aromatic heterocycles. The van der Waals surface area contributed by atoms with Crippen LogP contribution in [0, 0.1) is 0 Å². The number of halogens is 3. The van der Waals surface area contributed by atoms with Crippen molar-refractivity contribution in [3.8, 4) is 0 Å². The van der Waals surface area contributed by atoms with Crippen molar-refractivity contribution in [2.45, 2.75) is 45.1 Å². The Labute approximate surface area is 95.2 Å². The number of rotatable bonds is 6. The van der Waals surface area contributed by atoms with Crippen LogP contribution in [0.3, 0.4) is 0 Å². The highest BCUT2D eigenvalue weighted by Crippen LogP contribution is 2.26. The maximum absolute atomic E-state index is 12.0. The molecule has 0 bridgehead atoms. The van der Waals surface area contributed by atoms with Gasteiger partial charge in [-0.25, -0.2) is 8.42 Å². The van der Waals surface area contributed by atoms with Crippen molar-refractivity contribution in [2.24, 2.45) is 0 Å². The molecule has 0 radical (unpaired) electrons. The van der Waals surface area contributed by atoms with Crippen LogP contribution in [0.5, 0.6) is 0 Å². The fourth-order valence-corrected chi connectivity index (χ4v) is 7.13. The van der Waals surface area contributed by atoms with Gasteiger partial charge in [0.25, 0.3) is 10.1 Å². The van der Waals surface area contributed by atoms with Gasteiger partial charge in [0.2, 0.25) is 8.32 Å². The number of alkyl halides is 3. The van der Waals surface area contributed by atoms with Gasteiger partial charge in [-0.1, -0.05) is 20.8 Å². The summed E-state index contributed by atoms with van der Waals surface area (Å²) in [5, 5.41) is 0. The van der Waals surface area contributed by atoms with Gasteiger partial charge in [-0.3, -0.25) is 0 Å². The van der Waals surface area contributed by atoms with E-state index in [1.807, 2.05) is 0 Å². The van der Waals surface area contributed by atoms with Crippen molar-refractivity contribution in [2.75, 3.05) is 5.75 Å². The summed E-state index contributed by atoms with van der Waals surface area (Å²) in [5.41, 5.74) is 0. The van der Waals surface area contributed by atoms with E-state index in [9.17, 15) is 21.6 Å². The summed E-state index contributed by atoms with van der Waals surface area (Å²) in [6.45, 7) is 5.26. The largest absolute Gasteiger partial charge is 0.405 e. The maximum atomic E-state index is 12.0. The summed E-state index contributed by atoms with van der Waals surface area (Å²) in [6, 6.07) is 1.49. The first-order chi connectivity index (χ1) is 7.10. The first kappa shape index (κ1) is 15.9. The van der Waals surface area contributed by atoms with E-state index in [-0.39, 0.29) is 0 Å². The molecule has 8 heteroatoms. The zero-order valence-corrected chi connectivity index (χ0v) is 11.4. The van der Waals surface area contributed by atoms with Gasteiger partial charge in [0, 0.05) is 0 Å². The zero-order valence-electron chi connectivity index (χ0n) is 9.60. The third kappa shape index (κ3) is 5.31. The Morgan fingerprint density at radius 2 is 1.44 bits per heavy atom. The molecule has 0 atom stereocenters. The minimum atomic E-state index is -4.74. The summed E-state index contributed by atoms with van der Waals surface area (Å²) in [7, 11) is -7.04. The fraction of sp³-hybridized carbons (Fsp3) is 1.00. The minimum Gasteiger partial charge on any atom is -0.314 e. The molecule has 0 aromatic carbocycles. The second-order valence-corrected chi connectivity index (χ2v) is 10.2. The molecule has 0 saturated heterocycles. The van der Waals surface area contributed by atoms with E-state index in [0.717, 1.165) is 0 Å². The molecule has 0 aliphatic carbocycles. The second kappa shape index (κ2) is 5.50. The van der Waals surface area contributed by atoms with E-state index in [2.05, 4.69) is 0 Å². The molecule has 0 aliphatic rings. The summed E-state index contributed by atoms with van der Waals surface area (Å²) in [5.74, 6) is -1.89. The Bertz CT molecular complexity index is 301. The molecule has 98 valence electrons. The molecular formula is C8H17F3O3SSi. The molecule has 0 aromatic rings. The fourth-order valence-electron chi connectivity index (χ4n) is 1.43. The number of hydrogen-bond acceptors (Lipinski definition) is 3. The Kier molecular flexibility index (Phi) is 5.47. The molecule has 0 fully saturated rings. The Morgan fingerprint density at radius 1 is 1.06 bits per heavy atom. The summed E-state index contributed by atoms with van der Waals surface area (Å²) < 4.78 is 63.3. The minimum absolute atomic E-state index is 0.497. The van der Waals surface area contributed by atoms with E-state index in [1.165, 1.54) is 0 Å². The van der Waals surface area contributed by atoms with Crippen LogP contribution < -0.4 is 0 Å². The van der Waals surface area contributed by atoms with Crippen LogP contribution in [-0.4, -0.2) is 28.7 Å². The highest BCUT2D eigenvalue weighted by molar-refractivity contribution is 7.87. The average molecular weight is 278 g/mol. The molecule has 0 unspecified atom stereocenters. The van der Waals surface area contributed by atoms with Crippen molar-refractivity contribution in [3.63, 3.8) is 0 Å². The van der Waals surface area contributed by atoms with Crippen LogP contribution in [0.2, 0.25) is 18.1 Å². The Morgan fingerprint density at radius 3 is 1.69 bits per heavy atom. The third-order valence-corrected chi connectivity index (χ3v) is 9.55. The van der Waals surface area contributed by atoms with Crippen molar-refractivity contribution in [1.82, 2.24) is 0 Å². The van der Waals surface area contributed by atoms with Gasteiger partial charge in [0.1, 0.15) is 0 Å². The summed E-state index contributed by atoms with van der Waals surface area (Å²) in [4.78, 5) is 0. The molecule has 0 saturated carbocycles. The zero-order chi connectivity index (χ0) is 13.0. The molecule has 0 aliphatic heterocycles. The van der Waals surface area contributed by atoms with Crippen LogP contribution in [0.25, 0.3) is 0 Å². The predicted molar refractivity (Wildman–Crippen MR) is 58.1 cm³/mol. The number of hydrogen-bond donors (Lipinski definition) is 0. The Hall–Kier alpha value is -0.0831. The standard InChI is InChI=1S/C8H17F3O3SSi/c1-4-16(5-2,6-3)14-15(12,13)7-8(9,10)11/h4-7H2,1-3H3. The highest BCUT2D eigenvalue weighted by Gasteiger charge is 2.41. The third-order valence-electron chi connectivity index (χ3n) is 2.58. The molecule has 0 rings (SSSR count). The van der Waals surface area contributed by atoms with Crippen molar-refractivity contribution >= 4 is 18.4 Å². The molecule has 0 heterocycles. The highest BCUT2D eigenvalue weighted by atomic mass is 32.2. The van der Waals surface area contributed by atoms with E-state index in [4.69, 9.17) is 3.87 Å². The van der Waals surface area contributed by atoms with Crippen molar-refractivity contribution < 1.29 is 25.5 Å². The van der Waals surface area contributed by atoms with Gasteiger partial charge in [-0.05, 0) is 18.1 Å². The van der Waals surface area contributed by atoms with Crippen LogP contribution in [0.15, 0.2) is 0 Å². The maximum Gasteiger partial charge on any atom is 0.405 e. The van der Waals surface area contributed by atoms with Crippen LogP contribution in [-0.2, 0) is 14.0 Å². The lowest BCUT2D eigenvalue weighted by atomic mass is 10.8.